The second kappa shape index (κ2) is 15.8. The van der Waals surface area contributed by atoms with Crippen LogP contribution in [0.4, 0.5) is 4.79 Å². The number of hydrogen-bond donors (Lipinski definition) is 4. The number of ether oxygens (including phenoxy) is 1. The number of benzene rings is 1. The summed E-state index contributed by atoms with van der Waals surface area (Å²) in [5.41, 5.74) is -0.713. The first kappa shape index (κ1) is 40.9. The number of likely N-dealkylation sites (tertiary alicyclic amines) is 1. The van der Waals surface area contributed by atoms with E-state index >= 15 is 0 Å². The van der Waals surface area contributed by atoms with E-state index in [9.17, 15) is 33.6 Å². The van der Waals surface area contributed by atoms with Crippen LogP contribution in [0.2, 0.25) is 0 Å². The number of nitrogens with zero attached hydrogens (tertiary/aromatic N) is 1. The van der Waals surface area contributed by atoms with Crippen molar-refractivity contribution < 1.29 is 38.3 Å². The molecular weight excluding hydrogens is 690 g/mol. The highest BCUT2D eigenvalue weighted by atomic mass is 16.6. The van der Waals surface area contributed by atoms with E-state index < -0.39 is 77.2 Å². The molecule has 1 saturated heterocycles. The highest BCUT2D eigenvalue weighted by Crippen LogP contribution is 2.64. The first-order chi connectivity index (χ1) is 25.2. The molecule has 1 unspecified atom stereocenters. The van der Waals surface area contributed by atoms with E-state index in [4.69, 9.17) is 4.74 Å². The van der Waals surface area contributed by atoms with Gasteiger partial charge in [0.25, 0.3) is 5.91 Å². The Morgan fingerprint density at radius 1 is 0.889 bits per heavy atom. The summed E-state index contributed by atoms with van der Waals surface area (Å²) in [7, 11) is 0. The molecule has 0 aromatic heterocycles. The minimum absolute atomic E-state index is 0.0935. The fourth-order valence-corrected chi connectivity index (χ4v) is 8.10. The Morgan fingerprint density at radius 3 is 2.09 bits per heavy atom. The lowest BCUT2D eigenvalue weighted by molar-refractivity contribution is -0.145. The predicted octanol–water partition coefficient (Wildman–Crippen LogP) is 4.00. The van der Waals surface area contributed by atoms with Crippen molar-refractivity contribution in [3.05, 3.63) is 35.9 Å². The number of amides is 5. The third kappa shape index (κ3) is 10.1. The Labute approximate surface area is 318 Å². The minimum Gasteiger partial charge on any atom is -0.444 e. The zero-order valence-electron chi connectivity index (χ0n) is 33.1. The van der Waals surface area contributed by atoms with Crippen molar-refractivity contribution in [2.24, 2.45) is 34.5 Å². The molecule has 54 heavy (non-hydrogen) atoms. The Bertz CT molecular complexity index is 1620. The van der Waals surface area contributed by atoms with Crippen LogP contribution in [-0.2, 0) is 33.5 Å². The smallest absolute Gasteiger partial charge is 0.408 e. The van der Waals surface area contributed by atoms with Gasteiger partial charge in [0.05, 0.1) is 12.6 Å². The Morgan fingerprint density at radius 2 is 1.54 bits per heavy atom. The van der Waals surface area contributed by atoms with Crippen LogP contribution in [0.5, 0.6) is 0 Å². The van der Waals surface area contributed by atoms with Gasteiger partial charge in [-0.15, -0.1) is 0 Å². The van der Waals surface area contributed by atoms with Crippen LogP contribution in [-0.4, -0.2) is 83.0 Å². The molecule has 13 heteroatoms. The molecule has 3 aliphatic carbocycles. The zero-order valence-corrected chi connectivity index (χ0v) is 33.1. The van der Waals surface area contributed by atoms with E-state index in [0.29, 0.717) is 12.1 Å². The Balaban J connectivity index is 1.29. The van der Waals surface area contributed by atoms with Gasteiger partial charge in [-0.3, -0.25) is 28.8 Å². The second-order valence-corrected chi connectivity index (χ2v) is 18.5. The molecule has 1 aromatic rings. The molecule has 0 bridgehead atoms. The van der Waals surface area contributed by atoms with Crippen LogP contribution in [0.3, 0.4) is 0 Å². The van der Waals surface area contributed by atoms with Crippen LogP contribution in [0.15, 0.2) is 30.3 Å². The van der Waals surface area contributed by atoms with Gasteiger partial charge in [-0.2, -0.15) is 0 Å². The van der Waals surface area contributed by atoms with Crippen molar-refractivity contribution in [3.8, 4) is 0 Å². The maximum Gasteiger partial charge on any atom is 0.408 e. The van der Waals surface area contributed by atoms with E-state index in [0.717, 1.165) is 38.5 Å². The Hall–Kier alpha value is -4.29. The summed E-state index contributed by atoms with van der Waals surface area (Å²) in [4.78, 5) is 96.2. The topological polar surface area (TPSA) is 180 Å². The summed E-state index contributed by atoms with van der Waals surface area (Å²) >= 11 is 0. The number of alkyl carbamates (subject to hydrolysis) is 1. The molecule has 1 aromatic carbocycles. The standard InChI is InChI=1S/C41H59N5O8/c1-23(2)32(48)30(25-12-10-9-11-13-25)44-29(47)21-42-36(51)33(49)28(18-24-14-15-24)43-35(50)31-27-20-41(16-17-41)19-26(27)22-46(31)37(52)34(39(3,4)5)45-38(53)54-40(6,7)8/h9-13,23-24,26-28,30-31,34H,14-22H2,1-8H3,(H,42,51)(H,43,50)(H,44,47)(H,45,53)/t26-,27-,28?,30-,31-,34+/m0/s1. The average molecular weight is 750 g/mol. The van der Waals surface area contributed by atoms with Gasteiger partial charge in [0.15, 0.2) is 5.78 Å². The molecule has 4 N–H and O–H groups in total. The maximum atomic E-state index is 14.4. The van der Waals surface area contributed by atoms with E-state index in [1.165, 1.54) is 0 Å². The van der Waals surface area contributed by atoms with Crippen molar-refractivity contribution in [1.29, 1.82) is 0 Å². The molecule has 4 fully saturated rings. The number of Topliss-reactive ketones (excluding diaryl/α,β-unsaturated/α-hetero) is 2. The summed E-state index contributed by atoms with van der Waals surface area (Å²) in [5, 5.41) is 10.7. The van der Waals surface area contributed by atoms with Crippen LogP contribution < -0.4 is 21.3 Å². The third-order valence-corrected chi connectivity index (χ3v) is 11.2. The van der Waals surface area contributed by atoms with Gasteiger partial charge >= 0.3 is 6.09 Å². The van der Waals surface area contributed by atoms with Crippen molar-refractivity contribution in [2.45, 2.75) is 130 Å². The molecule has 1 aliphatic heterocycles. The minimum atomic E-state index is -1.15. The zero-order chi connectivity index (χ0) is 39.7. The number of hydrogen-bond acceptors (Lipinski definition) is 8. The first-order valence-corrected chi connectivity index (χ1v) is 19.5. The van der Waals surface area contributed by atoms with Gasteiger partial charge in [-0.05, 0) is 87.0 Å². The summed E-state index contributed by atoms with van der Waals surface area (Å²) in [6, 6.07) is 4.84. The molecule has 4 aliphatic rings. The van der Waals surface area contributed by atoms with Gasteiger partial charge in [-0.1, -0.05) is 77.8 Å². The average Bonchev–Trinajstić information content (AvgIpc) is 3.99. The summed E-state index contributed by atoms with van der Waals surface area (Å²) in [6.45, 7) is 14.0. The van der Waals surface area contributed by atoms with E-state index in [1.54, 1.807) is 69.9 Å². The van der Waals surface area contributed by atoms with Crippen molar-refractivity contribution in [3.63, 3.8) is 0 Å². The number of ketones is 2. The molecule has 1 heterocycles. The van der Waals surface area contributed by atoms with Crippen molar-refractivity contribution >= 4 is 41.3 Å². The van der Waals surface area contributed by atoms with Crippen LogP contribution in [0.25, 0.3) is 0 Å². The van der Waals surface area contributed by atoms with E-state index in [-0.39, 0.29) is 41.3 Å². The number of rotatable bonds is 14. The molecule has 296 valence electrons. The van der Waals surface area contributed by atoms with E-state index in [1.807, 2.05) is 20.8 Å². The van der Waals surface area contributed by atoms with Crippen molar-refractivity contribution in [2.75, 3.05) is 13.1 Å². The lowest BCUT2D eigenvalue weighted by atomic mass is 9.85. The highest BCUT2D eigenvalue weighted by molar-refractivity contribution is 6.38. The lowest BCUT2D eigenvalue weighted by Gasteiger charge is -2.37. The molecule has 0 radical (unpaired) electrons. The molecule has 5 rings (SSSR count). The van der Waals surface area contributed by atoms with Gasteiger partial charge in [0, 0.05) is 12.5 Å². The number of nitrogens with one attached hydrogen (secondary N) is 4. The molecule has 3 saturated carbocycles. The number of fused-ring (bicyclic) bond motifs is 1. The third-order valence-electron chi connectivity index (χ3n) is 11.2. The lowest BCUT2D eigenvalue weighted by Crippen LogP contribution is -2.60. The summed E-state index contributed by atoms with van der Waals surface area (Å²) < 4.78 is 5.48. The second-order valence-electron chi connectivity index (χ2n) is 18.5. The molecular formula is C41H59N5O8. The van der Waals surface area contributed by atoms with Gasteiger partial charge < -0.3 is 30.9 Å². The molecule has 6 atom stereocenters. The van der Waals surface area contributed by atoms with Gasteiger partial charge in [-0.25, -0.2) is 4.79 Å². The van der Waals surface area contributed by atoms with Crippen LogP contribution in [0.1, 0.15) is 112 Å². The number of carbonyl (C=O) groups excluding carboxylic acids is 7. The molecule has 13 nitrogen and oxygen atoms in total. The molecule has 5 amide bonds. The van der Waals surface area contributed by atoms with Crippen molar-refractivity contribution in [1.82, 2.24) is 26.2 Å². The fraction of sp³-hybridized carbons (Fsp3) is 0.683. The summed E-state index contributed by atoms with van der Waals surface area (Å²) in [6.07, 6.45) is 5.12. The highest BCUT2D eigenvalue weighted by Gasteiger charge is 2.61. The Kier molecular flexibility index (Phi) is 12.0. The first-order valence-electron chi connectivity index (χ1n) is 19.5. The number of carbonyl (C=O) groups is 7. The SMILES string of the molecule is CC(C)C(=O)[C@@H](NC(=O)CNC(=O)C(=O)C(CC1CC1)NC(=O)[C@@H]1[C@H]2CC3(CC3)C[C@H]2CN1C(=O)[C@@H](NC(=O)OC(C)(C)C)C(C)(C)C)c1ccccc1. The van der Waals surface area contributed by atoms with Crippen LogP contribution in [0, 0.1) is 34.5 Å². The molecule has 1 spiro atoms. The normalized spacial score (nSPS) is 23.1. The van der Waals surface area contributed by atoms with Crippen LogP contribution >= 0.6 is 0 Å². The predicted molar refractivity (Wildman–Crippen MR) is 200 cm³/mol. The van der Waals surface area contributed by atoms with E-state index in [2.05, 4.69) is 21.3 Å². The summed E-state index contributed by atoms with van der Waals surface area (Å²) in [5.74, 6) is -3.87. The monoisotopic (exact) mass is 749 g/mol. The fourth-order valence-electron chi connectivity index (χ4n) is 8.10. The van der Waals surface area contributed by atoms with Gasteiger partial charge in [0.2, 0.25) is 23.5 Å². The quantitative estimate of drug-likeness (QED) is 0.206. The van der Waals surface area contributed by atoms with Gasteiger partial charge in [0.1, 0.15) is 23.7 Å². The maximum absolute atomic E-state index is 14.4. The largest absolute Gasteiger partial charge is 0.444 e.